The summed E-state index contributed by atoms with van der Waals surface area (Å²) in [7, 11) is 0. The van der Waals surface area contributed by atoms with Gasteiger partial charge in [-0.2, -0.15) is 0 Å². The van der Waals surface area contributed by atoms with Crippen molar-refractivity contribution in [1.82, 2.24) is 14.9 Å². The van der Waals surface area contributed by atoms with Crippen LogP contribution in [0.25, 0.3) is 10.2 Å². The molecule has 3 heterocycles. The van der Waals surface area contributed by atoms with Crippen molar-refractivity contribution in [2.24, 2.45) is 0 Å². The summed E-state index contributed by atoms with van der Waals surface area (Å²) >= 11 is 1.73. The fourth-order valence-corrected chi connectivity index (χ4v) is 4.00. The van der Waals surface area contributed by atoms with Gasteiger partial charge in [-0.15, -0.1) is 11.3 Å². The van der Waals surface area contributed by atoms with Crippen molar-refractivity contribution in [3.63, 3.8) is 0 Å². The van der Waals surface area contributed by atoms with Crippen LogP contribution in [0.3, 0.4) is 0 Å². The van der Waals surface area contributed by atoms with E-state index >= 15 is 0 Å². The van der Waals surface area contributed by atoms with Crippen LogP contribution in [0.2, 0.25) is 0 Å². The van der Waals surface area contributed by atoms with Gasteiger partial charge in [0.05, 0.1) is 21.5 Å². The zero-order valence-electron chi connectivity index (χ0n) is 13.1. The monoisotopic (exact) mass is 323 g/mol. The zero-order valence-corrected chi connectivity index (χ0v) is 13.9. The van der Waals surface area contributed by atoms with Crippen molar-refractivity contribution in [2.45, 2.75) is 19.8 Å². The summed E-state index contributed by atoms with van der Waals surface area (Å²) in [4.78, 5) is 23.5. The minimum absolute atomic E-state index is 0.0763. The summed E-state index contributed by atoms with van der Waals surface area (Å²) in [6.45, 7) is 5.32. The summed E-state index contributed by atoms with van der Waals surface area (Å²) in [6, 6.07) is 12.0. The highest BCUT2D eigenvalue weighted by atomic mass is 32.1. The lowest BCUT2D eigenvalue weighted by Crippen LogP contribution is -2.48. The van der Waals surface area contributed by atoms with Gasteiger partial charge in [-0.1, -0.05) is 12.1 Å². The highest BCUT2D eigenvalue weighted by molar-refractivity contribution is 7.18. The summed E-state index contributed by atoms with van der Waals surface area (Å²) < 4.78 is 1.21. The van der Waals surface area contributed by atoms with Gasteiger partial charge in [-0.3, -0.25) is 9.78 Å². The molecule has 1 saturated heterocycles. The Hall–Kier alpha value is -2.27. The Bertz CT molecular complexity index is 863. The minimum Gasteiger partial charge on any atom is -0.337 e. The van der Waals surface area contributed by atoms with E-state index in [0.717, 1.165) is 35.0 Å². The molecule has 1 aromatic carbocycles. The number of hydrogen-bond donors (Lipinski definition) is 0. The van der Waals surface area contributed by atoms with Crippen LogP contribution in [0.15, 0.2) is 36.4 Å². The fourth-order valence-electron chi connectivity index (χ4n) is 2.95. The molecular weight excluding hydrogens is 306 g/mol. The molecule has 0 unspecified atom stereocenters. The van der Waals surface area contributed by atoms with E-state index in [4.69, 9.17) is 4.98 Å². The average Bonchev–Trinajstić information content (AvgIpc) is 2.88. The fraction of sp³-hybridized carbons (Fsp3) is 0.278. The molecule has 5 heteroatoms. The topological polar surface area (TPSA) is 46.1 Å². The molecule has 0 aliphatic carbocycles. The molecule has 4 rings (SSSR count). The van der Waals surface area contributed by atoms with Crippen LogP contribution in [-0.4, -0.2) is 33.9 Å². The molecular formula is C18H17N3OS. The smallest absolute Gasteiger partial charge is 0.255 e. The molecule has 23 heavy (non-hydrogen) atoms. The number of hydrogen-bond acceptors (Lipinski definition) is 4. The van der Waals surface area contributed by atoms with Gasteiger partial charge < -0.3 is 4.90 Å². The molecule has 0 atom stereocenters. The Morgan fingerprint density at radius 2 is 1.91 bits per heavy atom. The molecule has 3 aromatic rings. The third-order valence-electron chi connectivity index (χ3n) is 4.28. The zero-order chi connectivity index (χ0) is 16.0. The average molecular weight is 323 g/mol. The largest absolute Gasteiger partial charge is 0.337 e. The highest BCUT2D eigenvalue weighted by Gasteiger charge is 2.34. The highest BCUT2D eigenvalue weighted by Crippen LogP contribution is 2.33. The second-order valence-corrected chi connectivity index (χ2v) is 7.07. The van der Waals surface area contributed by atoms with E-state index in [1.807, 2.05) is 49.1 Å². The number of likely N-dealkylation sites (tertiary alicyclic amines) is 1. The van der Waals surface area contributed by atoms with Gasteiger partial charge >= 0.3 is 0 Å². The van der Waals surface area contributed by atoms with Gasteiger partial charge in [-0.05, 0) is 38.1 Å². The van der Waals surface area contributed by atoms with E-state index in [2.05, 4.69) is 11.1 Å². The molecule has 1 aliphatic heterocycles. The predicted octanol–water partition coefficient (Wildman–Crippen LogP) is 3.55. The first kappa shape index (κ1) is 14.3. The van der Waals surface area contributed by atoms with Crippen LogP contribution in [0.4, 0.5) is 0 Å². The van der Waals surface area contributed by atoms with Gasteiger partial charge in [0.2, 0.25) is 0 Å². The molecule has 0 bridgehead atoms. The molecule has 0 N–H and O–H groups in total. The van der Waals surface area contributed by atoms with Crippen molar-refractivity contribution in [1.29, 1.82) is 0 Å². The molecule has 1 aliphatic rings. The number of aromatic nitrogens is 2. The number of amides is 1. The van der Waals surface area contributed by atoms with Crippen LogP contribution in [0, 0.1) is 13.8 Å². The number of thiazole rings is 1. The Kier molecular flexibility index (Phi) is 3.38. The maximum Gasteiger partial charge on any atom is 0.255 e. The number of carbonyl (C=O) groups excluding carboxylic acids is 1. The second kappa shape index (κ2) is 5.42. The van der Waals surface area contributed by atoms with E-state index in [0.29, 0.717) is 11.5 Å². The van der Waals surface area contributed by atoms with Gasteiger partial charge in [-0.25, -0.2) is 4.98 Å². The van der Waals surface area contributed by atoms with Gasteiger partial charge in [0.15, 0.2) is 0 Å². The number of benzene rings is 1. The van der Waals surface area contributed by atoms with Gasteiger partial charge in [0.1, 0.15) is 5.01 Å². The van der Waals surface area contributed by atoms with Gasteiger partial charge in [0.25, 0.3) is 5.91 Å². The van der Waals surface area contributed by atoms with Crippen LogP contribution in [-0.2, 0) is 0 Å². The number of pyridine rings is 1. The number of carbonyl (C=O) groups is 1. The second-order valence-electron chi connectivity index (χ2n) is 6.01. The standard InChI is InChI=1S/C18H17N3OS/c1-11-7-8-14(12(2)19-11)18(22)21-9-13(10-21)17-20-15-5-3-4-6-16(15)23-17/h3-8,13H,9-10H2,1-2H3. The first-order valence-corrected chi connectivity index (χ1v) is 8.52. The molecule has 116 valence electrons. The van der Waals surface area contributed by atoms with E-state index in [9.17, 15) is 4.79 Å². The Morgan fingerprint density at radius 3 is 2.65 bits per heavy atom. The minimum atomic E-state index is 0.0763. The molecule has 1 amide bonds. The van der Waals surface area contributed by atoms with Crippen LogP contribution in [0.5, 0.6) is 0 Å². The molecule has 1 fully saturated rings. The summed E-state index contributed by atoms with van der Waals surface area (Å²) in [5, 5.41) is 1.13. The molecule has 4 nitrogen and oxygen atoms in total. The van der Waals surface area contributed by atoms with E-state index in [1.165, 1.54) is 4.70 Å². The number of aryl methyl sites for hydroxylation is 2. The number of nitrogens with zero attached hydrogens (tertiary/aromatic N) is 3. The third kappa shape index (κ3) is 2.51. The van der Waals surface area contributed by atoms with Crippen molar-refractivity contribution in [3.8, 4) is 0 Å². The van der Waals surface area contributed by atoms with Crippen molar-refractivity contribution < 1.29 is 4.79 Å². The van der Waals surface area contributed by atoms with Gasteiger partial charge in [0, 0.05) is 24.7 Å². The lowest BCUT2D eigenvalue weighted by molar-refractivity contribution is 0.0601. The molecule has 0 saturated carbocycles. The number of para-hydroxylation sites is 1. The Balaban J connectivity index is 1.49. The van der Waals surface area contributed by atoms with Crippen LogP contribution >= 0.6 is 11.3 Å². The van der Waals surface area contributed by atoms with Crippen LogP contribution in [0.1, 0.15) is 32.7 Å². The first-order chi connectivity index (χ1) is 11.1. The van der Waals surface area contributed by atoms with Crippen molar-refractivity contribution in [2.75, 3.05) is 13.1 Å². The summed E-state index contributed by atoms with van der Waals surface area (Å²) in [5.74, 6) is 0.433. The van der Waals surface area contributed by atoms with Crippen molar-refractivity contribution >= 4 is 27.5 Å². The Morgan fingerprint density at radius 1 is 1.13 bits per heavy atom. The third-order valence-corrected chi connectivity index (χ3v) is 5.48. The molecule has 0 spiro atoms. The maximum atomic E-state index is 12.6. The van der Waals surface area contributed by atoms with E-state index in [1.54, 1.807) is 11.3 Å². The lowest BCUT2D eigenvalue weighted by Gasteiger charge is -2.38. The number of fused-ring (bicyclic) bond motifs is 1. The van der Waals surface area contributed by atoms with E-state index < -0.39 is 0 Å². The number of rotatable bonds is 2. The summed E-state index contributed by atoms with van der Waals surface area (Å²) in [5.41, 5.74) is 3.50. The van der Waals surface area contributed by atoms with Crippen molar-refractivity contribution in [3.05, 3.63) is 58.4 Å². The molecule has 2 aromatic heterocycles. The lowest BCUT2D eigenvalue weighted by atomic mass is 9.99. The van der Waals surface area contributed by atoms with Crippen LogP contribution < -0.4 is 0 Å². The Labute approximate surface area is 138 Å². The molecule has 0 radical (unpaired) electrons. The predicted molar refractivity (Wildman–Crippen MR) is 92.0 cm³/mol. The first-order valence-electron chi connectivity index (χ1n) is 7.71. The maximum absolute atomic E-state index is 12.6. The normalized spacial score (nSPS) is 15.0. The van der Waals surface area contributed by atoms with E-state index in [-0.39, 0.29) is 5.91 Å². The quantitative estimate of drug-likeness (QED) is 0.724. The summed E-state index contributed by atoms with van der Waals surface area (Å²) in [6.07, 6.45) is 0. The SMILES string of the molecule is Cc1ccc(C(=O)N2CC(c3nc4ccccc4s3)C2)c(C)n1.